The van der Waals surface area contributed by atoms with Crippen molar-refractivity contribution in [3.05, 3.63) is 56.1 Å². The molecule has 0 spiro atoms. The minimum absolute atomic E-state index is 0.0632. The Morgan fingerprint density at radius 2 is 2.20 bits per heavy atom. The lowest BCUT2D eigenvalue weighted by Gasteiger charge is -2.00. The highest BCUT2D eigenvalue weighted by Gasteiger charge is 2.09. The summed E-state index contributed by atoms with van der Waals surface area (Å²) in [7, 11) is 0. The molecule has 20 heavy (non-hydrogen) atoms. The van der Waals surface area contributed by atoms with Crippen LogP contribution in [0.25, 0.3) is 0 Å². The Morgan fingerprint density at radius 1 is 1.45 bits per heavy atom. The van der Waals surface area contributed by atoms with Gasteiger partial charge >= 0.3 is 5.69 Å². The smallest absolute Gasteiger partial charge is 0.260 e. The van der Waals surface area contributed by atoms with Gasteiger partial charge in [-0.1, -0.05) is 12.1 Å². The Hall–Kier alpha value is -3.10. The third-order valence-corrected chi connectivity index (χ3v) is 2.38. The van der Waals surface area contributed by atoms with Crippen LogP contribution in [0.4, 0.5) is 11.5 Å². The van der Waals surface area contributed by atoms with E-state index in [0.717, 1.165) is 0 Å². The second-order valence-electron chi connectivity index (χ2n) is 3.76. The van der Waals surface area contributed by atoms with Crippen molar-refractivity contribution in [2.75, 3.05) is 5.43 Å². The molecule has 102 valence electrons. The van der Waals surface area contributed by atoms with Gasteiger partial charge in [-0.3, -0.25) is 15.5 Å². The summed E-state index contributed by atoms with van der Waals surface area (Å²) in [4.78, 5) is 24.9. The second-order valence-corrected chi connectivity index (χ2v) is 3.76. The van der Waals surface area contributed by atoms with Crippen LogP contribution >= 0.6 is 0 Å². The number of para-hydroxylation sites is 1. The number of hydrogen-bond acceptors (Lipinski definition) is 7. The predicted octanol–water partition coefficient (Wildman–Crippen LogP) is 0.828. The average Bonchev–Trinajstić information content (AvgIpc) is 2.43. The topological polar surface area (TPSA) is 126 Å². The van der Waals surface area contributed by atoms with Crippen molar-refractivity contribution >= 4 is 17.7 Å². The highest BCUT2D eigenvalue weighted by molar-refractivity contribution is 5.85. The van der Waals surface area contributed by atoms with Gasteiger partial charge in [0.25, 0.3) is 5.69 Å². The highest BCUT2D eigenvalue weighted by atomic mass is 16.6. The van der Waals surface area contributed by atoms with Crippen molar-refractivity contribution < 1.29 is 4.92 Å². The summed E-state index contributed by atoms with van der Waals surface area (Å²) in [5.74, 6) is 0.184. The fraction of sp³-hybridized carbons (Fsp3) is 0.0909. The van der Waals surface area contributed by atoms with Gasteiger partial charge in [-0.05, 0) is 13.0 Å². The number of nitro benzene ring substituents is 1. The van der Waals surface area contributed by atoms with Crippen molar-refractivity contribution in [3.8, 4) is 0 Å². The Balaban J connectivity index is 2.21. The summed E-state index contributed by atoms with van der Waals surface area (Å²) in [6.45, 7) is 1.63. The van der Waals surface area contributed by atoms with Gasteiger partial charge in [0.05, 0.1) is 16.7 Å². The minimum atomic E-state index is -0.612. The molecule has 9 heteroatoms. The lowest BCUT2D eigenvalue weighted by molar-refractivity contribution is -0.385. The Kier molecular flexibility index (Phi) is 3.80. The number of nitrogens with zero attached hydrogens (tertiary/aromatic N) is 4. The zero-order chi connectivity index (χ0) is 14.5. The average molecular weight is 274 g/mol. The summed E-state index contributed by atoms with van der Waals surface area (Å²) in [6, 6.07) is 6.15. The molecule has 0 bridgehead atoms. The molecule has 2 rings (SSSR count). The van der Waals surface area contributed by atoms with E-state index in [1.165, 1.54) is 12.3 Å². The molecule has 0 atom stereocenters. The van der Waals surface area contributed by atoms with Gasteiger partial charge in [0.2, 0.25) is 0 Å². The molecule has 1 aromatic carbocycles. The quantitative estimate of drug-likeness (QED) is 0.483. The number of rotatable bonds is 4. The third kappa shape index (κ3) is 3.02. The number of hydrazone groups is 1. The number of nitro groups is 1. The van der Waals surface area contributed by atoms with Crippen LogP contribution in [0.3, 0.4) is 0 Å². The molecule has 0 radical (unpaired) electrons. The van der Waals surface area contributed by atoms with Crippen molar-refractivity contribution in [1.82, 2.24) is 15.2 Å². The fourth-order valence-electron chi connectivity index (χ4n) is 1.42. The normalized spacial score (nSPS) is 10.7. The number of hydrogen-bond donors (Lipinski definition) is 2. The summed E-state index contributed by atoms with van der Waals surface area (Å²) in [5.41, 5.74) is 2.63. The van der Waals surface area contributed by atoms with E-state index in [0.29, 0.717) is 11.3 Å². The van der Waals surface area contributed by atoms with Gasteiger partial charge in [-0.25, -0.2) is 9.89 Å². The number of aryl methyl sites for hydroxylation is 1. The zero-order valence-electron chi connectivity index (χ0n) is 10.4. The van der Waals surface area contributed by atoms with E-state index in [4.69, 9.17) is 0 Å². The number of aromatic amines is 1. The molecule has 9 nitrogen and oxygen atoms in total. The van der Waals surface area contributed by atoms with Crippen LogP contribution in [0.15, 0.2) is 34.2 Å². The standard InChI is InChI=1S/C11H10N6O3/c1-7-10(13-11(18)16-14-7)15-12-6-8-4-2-3-5-9(8)17(19)20/h2-6H,1H3,(H2,13,15,16,18)/b12-6+. The van der Waals surface area contributed by atoms with Crippen molar-refractivity contribution in [1.29, 1.82) is 0 Å². The van der Waals surface area contributed by atoms with Gasteiger partial charge in [-0.15, -0.1) is 0 Å². The molecule has 1 heterocycles. The number of aromatic nitrogens is 3. The molecule has 0 aliphatic carbocycles. The lowest BCUT2D eigenvalue weighted by atomic mass is 10.2. The highest BCUT2D eigenvalue weighted by Crippen LogP contribution is 2.15. The Bertz CT molecular complexity index is 724. The minimum Gasteiger partial charge on any atom is -0.260 e. The number of nitrogens with one attached hydrogen (secondary N) is 2. The van der Waals surface area contributed by atoms with Crippen molar-refractivity contribution in [3.63, 3.8) is 0 Å². The monoisotopic (exact) mass is 274 g/mol. The van der Waals surface area contributed by atoms with Crippen molar-refractivity contribution in [2.45, 2.75) is 6.92 Å². The molecule has 0 unspecified atom stereocenters. The molecule has 1 aromatic heterocycles. The first kappa shape index (κ1) is 13.3. The van der Waals surface area contributed by atoms with Crippen LogP contribution in [0, 0.1) is 17.0 Å². The van der Waals surface area contributed by atoms with Gasteiger partial charge in [0.15, 0.2) is 5.82 Å². The SMILES string of the molecule is Cc1n[nH]c(=O)nc1N/N=C/c1ccccc1[N+](=O)[O-]. The fourth-order valence-corrected chi connectivity index (χ4v) is 1.42. The van der Waals surface area contributed by atoms with Crippen LogP contribution in [0.5, 0.6) is 0 Å². The molecule has 0 fully saturated rings. The molecule has 0 amide bonds. The molecule has 2 aromatic rings. The maximum atomic E-state index is 11.0. The summed E-state index contributed by atoms with van der Waals surface area (Å²) in [5, 5.41) is 20.5. The molecular formula is C11H10N6O3. The molecule has 0 aliphatic heterocycles. The maximum Gasteiger partial charge on any atom is 0.363 e. The van der Waals surface area contributed by atoms with Crippen LogP contribution < -0.4 is 11.1 Å². The first-order valence-electron chi connectivity index (χ1n) is 5.54. The third-order valence-electron chi connectivity index (χ3n) is 2.38. The number of benzene rings is 1. The van der Waals surface area contributed by atoms with Gasteiger partial charge < -0.3 is 0 Å². The predicted molar refractivity (Wildman–Crippen MR) is 71.7 cm³/mol. The van der Waals surface area contributed by atoms with E-state index in [-0.39, 0.29) is 11.5 Å². The summed E-state index contributed by atoms with van der Waals surface area (Å²) < 4.78 is 0. The van der Waals surface area contributed by atoms with E-state index < -0.39 is 10.6 Å². The largest absolute Gasteiger partial charge is 0.363 e. The van der Waals surface area contributed by atoms with E-state index in [1.54, 1.807) is 25.1 Å². The molecule has 0 saturated carbocycles. The number of H-pyrrole nitrogens is 1. The Labute approximate surface area is 112 Å². The Morgan fingerprint density at radius 3 is 2.95 bits per heavy atom. The first-order chi connectivity index (χ1) is 9.58. The van der Waals surface area contributed by atoms with E-state index in [9.17, 15) is 14.9 Å². The maximum absolute atomic E-state index is 11.0. The summed E-state index contributed by atoms with van der Waals surface area (Å²) >= 11 is 0. The van der Waals surface area contributed by atoms with Crippen molar-refractivity contribution in [2.24, 2.45) is 5.10 Å². The molecule has 2 N–H and O–H groups in total. The van der Waals surface area contributed by atoms with Crippen LogP contribution in [-0.4, -0.2) is 26.3 Å². The van der Waals surface area contributed by atoms with Crippen LogP contribution in [0.1, 0.15) is 11.3 Å². The summed E-state index contributed by atoms with van der Waals surface area (Å²) in [6.07, 6.45) is 1.28. The van der Waals surface area contributed by atoms with Gasteiger partial charge in [0.1, 0.15) is 5.69 Å². The van der Waals surface area contributed by atoms with Crippen LogP contribution in [-0.2, 0) is 0 Å². The van der Waals surface area contributed by atoms with E-state index >= 15 is 0 Å². The second kappa shape index (κ2) is 5.69. The van der Waals surface area contributed by atoms with Gasteiger partial charge in [0, 0.05) is 6.07 Å². The van der Waals surface area contributed by atoms with E-state index in [1.807, 2.05) is 0 Å². The van der Waals surface area contributed by atoms with E-state index in [2.05, 4.69) is 25.7 Å². The molecule has 0 aliphatic rings. The molecular weight excluding hydrogens is 264 g/mol. The first-order valence-corrected chi connectivity index (χ1v) is 5.54. The number of anilines is 1. The van der Waals surface area contributed by atoms with Crippen LogP contribution in [0.2, 0.25) is 0 Å². The molecule has 0 saturated heterocycles. The lowest BCUT2D eigenvalue weighted by Crippen LogP contribution is -2.15. The van der Waals surface area contributed by atoms with Gasteiger partial charge in [-0.2, -0.15) is 15.2 Å². The zero-order valence-corrected chi connectivity index (χ0v) is 10.4.